The Morgan fingerprint density at radius 3 is 2.71 bits per heavy atom. The molecule has 0 saturated carbocycles. The van der Waals surface area contributed by atoms with Crippen molar-refractivity contribution in [3.8, 4) is 17.2 Å². The Kier molecular flexibility index (Phi) is 5.02. The van der Waals surface area contributed by atoms with E-state index in [-0.39, 0.29) is 12.3 Å². The number of ether oxygens (including phenoxy) is 3. The molecule has 0 aliphatic carbocycles. The third-order valence-corrected chi connectivity index (χ3v) is 4.07. The second-order valence-electron chi connectivity index (χ2n) is 5.17. The number of nitrogens with one attached hydrogen (secondary N) is 1. The van der Waals surface area contributed by atoms with E-state index >= 15 is 0 Å². The van der Waals surface area contributed by atoms with Crippen LogP contribution in [0.4, 0.5) is 5.69 Å². The lowest BCUT2D eigenvalue weighted by Crippen LogP contribution is -2.17. The number of halogens is 2. The van der Waals surface area contributed by atoms with Gasteiger partial charge in [-0.25, -0.2) is 0 Å². The number of amides is 1. The largest absolute Gasteiger partial charge is 0.497 e. The highest BCUT2D eigenvalue weighted by Crippen LogP contribution is 2.38. The van der Waals surface area contributed by atoms with Gasteiger partial charge in [0.1, 0.15) is 19.0 Å². The van der Waals surface area contributed by atoms with Crippen molar-refractivity contribution in [1.82, 2.24) is 0 Å². The van der Waals surface area contributed by atoms with Crippen molar-refractivity contribution in [2.75, 3.05) is 25.6 Å². The van der Waals surface area contributed by atoms with Gasteiger partial charge >= 0.3 is 0 Å². The van der Waals surface area contributed by atoms with Gasteiger partial charge in [-0.3, -0.25) is 4.79 Å². The fourth-order valence-electron chi connectivity index (χ4n) is 2.37. The summed E-state index contributed by atoms with van der Waals surface area (Å²) in [5.74, 6) is 1.48. The van der Waals surface area contributed by atoms with Gasteiger partial charge in [0.05, 0.1) is 29.3 Å². The fraction of sp³-hybridized carbons (Fsp3) is 0.235. The Bertz CT molecular complexity index is 779. The third-order valence-electron chi connectivity index (χ3n) is 3.47. The van der Waals surface area contributed by atoms with Crippen LogP contribution in [0.25, 0.3) is 0 Å². The average Bonchev–Trinajstić information content (AvgIpc) is 2.56. The minimum Gasteiger partial charge on any atom is -0.497 e. The van der Waals surface area contributed by atoms with Gasteiger partial charge < -0.3 is 19.5 Å². The number of hydrogen-bond donors (Lipinski definition) is 1. The number of fused-ring (bicyclic) bond motifs is 1. The molecule has 1 N–H and O–H groups in total. The van der Waals surface area contributed by atoms with E-state index in [9.17, 15) is 4.79 Å². The minimum absolute atomic E-state index is 0.138. The van der Waals surface area contributed by atoms with Crippen LogP contribution in [-0.2, 0) is 11.2 Å². The van der Waals surface area contributed by atoms with Crippen LogP contribution in [0.3, 0.4) is 0 Å². The van der Waals surface area contributed by atoms with E-state index in [0.29, 0.717) is 46.2 Å². The van der Waals surface area contributed by atoms with Crippen LogP contribution in [0.5, 0.6) is 17.2 Å². The van der Waals surface area contributed by atoms with E-state index in [2.05, 4.69) is 5.32 Å². The molecule has 7 heteroatoms. The van der Waals surface area contributed by atoms with Gasteiger partial charge in [0.15, 0.2) is 11.5 Å². The topological polar surface area (TPSA) is 56.8 Å². The van der Waals surface area contributed by atoms with E-state index < -0.39 is 0 Å². The highest BCUT2D eigenvalue weighted by atomic mass is 35.5. The van der Waals surface area contributed by atoms with Crippen molar-refractivity contribution >= 4 is 34.8 Å². The molecule has 1 heterocycles. The lowest BCUT2D eigenvalue weighted by molar-refractivity contribution is -0.115. The first-order chi connectivity index (χ1) is 11.6. The summed E-state index contributed by atoms with van der Waals surface area (Å²) in [5.41, 5.74) is 1.25. The smallest absolute Gasteiger partial charge is 0.228 e. The zero-order chi connectivity index (χ0) is 17.1. The average molecular weight is 368 g/mol. The molecule has 1 aliphatic rings. The molecule has 126 valence electrons. The summed E-state index contributed by atoms with van der Waals surface area (Å²) in [5, 5.41) is 3.60. The molecule has 2 aromatic carbocycles. The molecule has 3 rings (SSSR count). The molecule has 0 bridgehead atoms. The predicted octanol–water partition coefficient (Wildman–Crippen LogP) is 3.95. The van der Waals surface area contributed by atoms with E-state index in [1.54, 1.807) is 37.4 Å². The number of methoxy groups -OCH3 is 1. The summed E-state index contributed by atoms with van der Waals surface area (Å²) in [4.78, 5) is 12.3. The van der Waals surface area contributed by atoms with Crippen LogP contribution < -0.4 is 19.5 Å². The summed E-state index contributed by atoms with van der Waals surface area (Å²) >= 11 is 12.3. The molecular weight excluding hydrogens is 353 g/mol. The number of benzene rings is 2. The van der Waals surface area contributed by atoms with Crippen LogP contribution in [0.1, 0.15) is 5.56 Å². The Morgan fingerprint density at radius 1 is 1.17 bits per heavy atom. The van der Waals surface area contributed by atoms with Gasteiger partial charge in [-0.05, 0) is 29.8 Å². The zero-order valence-corrected chi connectivity index (χ0v) is 14.4. The maximum absolute atomic E-state index is 12.3. The first-order valence-electron chi connectivity index (χ1n) is 7.28. The van der Waals surface area contributed by atoms with Crippen molar-refractivity contribution < 1.29 is 19.0 Å². The Labute approximate surface area is 149 Å². The van der Waals surface area contributed by atoms with Gasteiger partial charge in [-0.15, -0.1) is 0 Å². The highest BCUT2D eigenvalue weighted by molar-refractivity contribution is 6.34. The quantitative estimate of drug-likeness (QED) is 0.888. The molecule has 2 aromatic rings. The number of carbonyl (C=O) groups is 1. The predicted molar refractivity (Wildman–Crippen MR) is 92.8 cm³/mol. The van der Waals surface area contributed by atoms with Crippen molar-refractivity contribution in [1.29, 1.82) is 0 Å². The maximum atomic E-state index is 12.3. The Morgan fingerprint density at radius 2 is 1.96 bits per heavy atom. The molecule has 5 nitrogen and oxygen atoms in total. The van der Waals surface area contributed by atoms with E-state index in [1.807, 2.05) is 0 Å². The summed E-state index contributed by atoms with van der Waals surface area (Å²) in [6, 6.07) is 8.51. The second-order valence-corrected chi connectivity index (χ2v) is 5.99. The first-order valence-corrected chi connectivity index (χ1v) is 8.04. The van der Waals surface area contributed by atoms with Crippen LogP contribution in [-0.4, -0.2) is 26.2 Å². The van der Waals surface area contributed by atoms with Gasteiger partial charge in [-0.1, -0.05) is 23.2 Å². The zero-order valence-electron chi connectivity index (χ0n) is 12.9. The molecule has 0 aromatic heterocycles. The number of carbonyl (C=O) groups excluding carboxylic acids is 1. The van der Waals surface area contributed by atoms with Gasteiger partial charge in [-0.2, -0.15) is 0 Å². The second kappa shape index (κ2) is 7.20. The molecule has 0 radical (unpaired) electrons. The molecule has 0 fully saturated rings. The summed E-state index contributed by atoms with van der Waals surface area (Å²) in [7, 11) is 1.55. The normalized spacial score (nSPS) is 12.6. The van der Waals surface area contributed by atoms with Crippen LogP contribution >= 0.6 is 23.2 Å². The summed E-state index contributed by atoms with van der Waals surface area (Å²) in [6.45, 7) is 0.920. The lowest BCUT2D eigenvalue weighted by atomic mass is 10.1. The standard InChI is InChI=1S/C17H15Cl2NO4/c1-22-11-2-3-14(12(18)9-11)20-16(21)8-10-6-13(19)17-15(7-10)23-4-5-24-17/h2-3,6-7,9H,4-5,8H2,1H3,(H,20,21). The van der Waals surface area contributed by atoms with E-state index in [4.69, 9.17) is 37.4 Å². The summed E-state index contributed by atoms with van der Waals surface area (Å²) in [6.07, 6.45) is 0.138. The lowest BCUT2D eigenvalue weighted by Gasteiger charge is -2.20. The van der Waals surface area contributed by atoms with Crippen molar-refractivity contribution in [3.63, 3.8) is 0 Å². The molecule has 1 aliphatic heterocycles. The van der Waals surface area contributed by atoms with Gasteiger partial charge in [0.2, 0.25) is 5.91 Å². The minimum atomic E-state index is -0.213. The molecule has 24 heavy (non-hydrogen) atoms. The van der Waals surface area contributed by atoms with Crippen LogP contribution in [0.2, 0.25) is 10.0 Å². The molecule has 0 unspecified atom stereocenters. The third kappa shape index (κ3) is 3.68. The van der Waals surface area contributed by atoms with E-state index in [1.165, 1.54) is 0 Å². The van der Waals surface area contributed by atoms with Gasteiger partial charge in [0, 0.05) is 6.07 Å². The van der Waals surface area contributed by atoms with Crippen LogP contribution in [0.15, 0.2) is 30.3 Å². The molecule has 0 saturated heterocycles. The Balaban J connectivity index is 1.72. The monoisotopic (exact) mass is 367 g/mol. The number of rotatable bonds is 4. The fourth-order valence-corrected chi connectivity index (χ4v) is 2.88. The van der Waals surface area contributed by atoms with Crippen molar-refractivity contribution in [2.24, 2.45) is 0 Å². The maximum Gasteiger partial charge on any atom is 0.228 e. The Hall–Kier alpha value is -2.11. The molecule has 1 amide bonds. The highest BCUT2D eigenvalue weighted by Gasteiger charge is 2.18. The van der Waals surface area contributed by atoms with E-state index in [0.717, 1.165) is 5.56 Å². The first kappa shape index (κ1) is 16.7. The molecule has 0 spiro atoms. The number of anilines is 1. The van der Waals surface area contributed by atoms with Gasteiger partial charge in [0.25, 0.3) is 0 Å². The molecular formula is C17H15Cl2NO4. The SMILES string of the molecule is COc1ccc(NC(=O)Cc2cc(Cl)c3c(c2)OCCO3)c(Cl)c1. The van der Waals surface area contributed by atoms with Crippen molar-refractivity contribution in [2.45, 2.75) is 6.42 Å². The number of hydrogen-bond acceptors (Lipinski definition) is 4. The summed E-state index contributed by atoms with van der Waals surface area (Å²) < 4.78 is 16.1. The van der Waals surface area contributed by atoms with Crippen LogP contribution in [0, 0.1) is 0 Å². The molecule has 0 atom stereocenters. The van der Waals surface area contributed by atoms with Crippen molar-refractivity contribution in [3.05, 3.63) is 45.9 Å².